The number of pyridine rings is 1. The maximum absolute atomic E-state index is 12.5. The number of nitrogens with one attached hydrogen (secondary N) is 2. The Morgan fingerprint density at radius 1 is 1.33 bits per heavy atom. The van der Waals surface area contributed by atoms with Gasteiger partial charge >= 0.3 is 0 Å². The monoisotopic (exact) mass is 371 g/mol. The number of carbonyl (C=O) groups is 1. The van der Waals surface area contributed by atoms with Gasteiger partial charge in [-0.05, 0) is 57.5 Å². The molecule has 0 bridgehead atoms. The average molecular weight is 372 g/mol. The van der Waals surface area contributed by atoms with Crippen LogP contribution in [0.5, 0.6) is 0 Å². The summed E-state index contributed by atoms with van der Waals surface area (Å²) < 4.78 is 5.34. The second-order valence-electron chi connectivity index (χ2n) is 5.77. The highest BCUT2D eigenvalue weighted by atomic mass is 35.5. The number of halogens is 2. The fraction of sp³-hybridized carbons (Fsp3) is 0.412. The number of amides is 1. The van der Waals surface area contributed by atoms with Gasteiger partial charge in [0, 0.05) is 12.1 Å². The first-order chi connectivity index (χ1) is 10.6. The lowest BCUT2D eigenvalue weighted by molar-refractivity contribution is 0.0919. The van der Waals surface area contributed by atoms with E-state index in [0.717, 1.165) is 25.1 Å². The molecule has 2 N–H and O–H groups in total. The SMILES string of the molecule is Cc1nc(-c2ccco2)ccc1C(=O)NC1CCCNC1C.Cl.Cl. The fourth-order valence-electron chi connectivity index (χ4n) is 2.85. The van der Waals surface area contributed by atoms with Gasteiger partial charge in [-0.15, -0.1) is 24.8 Å². The highest BCUT2D eigenvalue weighted by Gasteiger charge is 2.23. The van der Waals surface area contributed by atoms with E-state index >= 15 is 0 Å². The average Bonchev–Trinajstić information content (AvgIpc) is 3.03. The van der Waals surface area contributed by atoms with Crippen molar-refractivity contribution in [3.63, 3.8) is 0 Å². The molecule has 3 rings (SSSR count). The summed E-state index contributed by atoms with van der Waals surface area (Å²) in [5.41, 5.74) is 2.07. The summed E-state index contributed by atoms with van der Waals surface area (Å²) in [5.74, 6) is 0.650. The smallest absolute Gasteiger partial charge is 0.253 e. The maximum atomic E-state index is 12.5. The highest BCUT2D eigenvalue weighted by molar-refractivity contribution is 5.95. The standard InChI is InChI=1S/C17H21N3O2.2ClH/c1-11-13(7-8-15(19-11)16-6-4-10-22-16)17(21)20-14-5-3-9-18-12(14)2;;/h4,6-8,10,12,14,18H,3,5,9H2,1-2H3,(H,20,21);2*1H. The number of piperidine rings is 1. The molecule has 2 aromatic rings. The van der Waals surface area contributed by atoms with Gasteiger partial charge < -0.3 is 15.1 Å². The van der Waals surface area contributed by atoms with Gasteiger partial charge in [0.2, 0.25) is 0 Å². The number of rotatable bonds is 3. The first kappa shape index (κ1) is 20.5. The molecule has 2 unspecified atom stereocenters. The first-order valence-corrected chi connectivity index (χ1v) is 7.71. The molecule has 0 saturated carbocycles. The van der Waals surface area contributed by atoms with Crippen LogP contribution in [0.1, 0.15) is 35.8 Å². The van der Waals surface area contributed by atoms with E-state index in [9.17, 15) is 4.79 Å². The number of hydrogen-bond donors (Lipinski definition) is 2. The molecular formula is C17H23Cl2N3O2. The molecule has 3 heterocycles. The van der Waals surface area contributed by atoms with E-state index in [1.807, 2.05) is 31.2 Å². The van der Waals surface area contributed by atoms with E-state index in [4.69, 9.17) is 4.42 Å². The molecule has 1 amide bonds. The Bertz CT molecular complexity index is 662. The second-order valence-corrected chi connectivity index (χ2v) is 5.77. The lowest BCUT2D eigenvalue weighted by Gasteiger charge is -2.30. The summed E-state index contributed by atoms with van der Waals surface area (Å²) in [7, 11) is 0. The molecule has 1 saturated heterocycles. The third-order valence-corrected chi connectivity index (χ3v) is 4.18. The van der Waals surface area contributed by atoms with Crippen molar-refractivity contribution in [2.45, 2.75) is 38.8 Å². The van der Waals surface area contributed by atoms with Crippen LogP contribution in [0.2, 0.25) is 0 Å². The van der Waals surface area contributed by atoms with E-state index in [1.54, 1.807) is 6.26 Å². The highest BCUT2D eigenvalue weighted by Crippen LogP contribution is 2.19. The van der Waals surface area contributed by atoms with Crippen LogP contribution in [0, 0.1) is 6.92 Å². The van der Waals surface area contributed by atoms with Crippen molar-refractivity contribution in [2.75, 3.05) is 6.54 Å². The van der Waals surface area contributed by atoms with Crippen molar-refractivity contribution in [1.82, 2.24) is 15.6 Å². The zero-order valence-electron chi connectivity index (χ0n) is 13.7. The molecular weight excluding hydrogens is 349 g/mol. The van der Waals surface area contributed by atoms with Crippen molar-refractivity contribution in [2.24, 2.45) is 0 Å². The summed E-state index contributed by atoms with van der Waals surface area (Å²) in [6, 6.07) is 7.79. The summed E-state index contributed by atoms with van der Waals surface area (Å²) in [4.78, 5) is 17.0. The predicted molar refractivity (Wildman–Crippen MR) is 99.1 cm³/mol. The molecule has 0 aliphatic carbocycles. The summed E-state index contributed by atoms with van der Waals surface area (Å²) >= 11 is 0. The van der Waals surface area contributed by atoms with Crippen molar-refractivity contribution in [1.29, 1.82) is 0 Å². The van der Waals surface area contributed by atoms with Crippen molar-refractivity contribution in [3.8, 4) is 11.5 Å². The molecule has 7 heteroatoms. The van der Waals surface area contributed by atoms with Gasteiger partial charge in [-0.25, -0.2) is 4.98 Å². The summed E-state index contributed by atoms with van der Waals surface area (Å²) in [5, 5.41) is 6.50. The molecule has 0 radical (unpaired) electrons. The van der Waals surface area contributed by atoms with Crippen LogP contribution in [0.15, 0.2) is 34.9 Å². The molecule has 5 nitrogen and oxygen atoms in total. The van der Waals surface area contributed by atoms with Gasteiger partial charge in [-0.2, -0.15) is 0 Å². The molecule has 2 atom stereocenters. The topological polar surface area (TPSA) is 67.2 Å². The Kier molecular flexibility index (Phi) is 7.73. The number of carbonyl (C=O) groups excluding carboxylic acids is 1. The molecule has 24 heavy (non-hydrogen) atoms. The molecule has 2 aromatic heterocycles. The van der Waals surface area contributed by atoms with Crippen LogP contribution in [-0.2, 0) is 0 Å². The fourth-order valence-corrected chi connectivity index (χ4v) is 2.85. The van der Waals surface area contributed by atoms with E-state index in [2.05, 4.69) is 22.5 Å². The molecule has 1 aliphatic rings. The van der Waals surface area contributed by atoms with Crippen LogP contribution in [0.4, 0.5) is 0 Å². The van der Waals surface area contributed by atoms with Gasteiger partial charge in [0.15, 0.2) is 5.76 Å². The van der Waals surface area contributed by atoms with Crippen LogP contribution in [0.3, 0.4) is 0 Å². The predicted octanol–water partition coefficient (Wildman–Crippen LogP) is 3.36. The van der Waals surface area contributed by atoms with E-state index in [-0.39, 0.29) is 36.8 Å². The third-order valence-electron chi connectivity index (χ3n) is 4.18. The normalized spacial score (nSPS) is 19.8. The van der Waals surface area contributed by atoms with E-state index < -0.39 is 0 Å². The van der Waals surface area contributed by atoms with Gasteiger partial charge in [-0.3, -0.25) is 4.79 Å². The Morgan fingerprint density at radius 2 is 2.12 bits per heavy atom. The largest absolute Gasteiger partial charge is 0.463 e. The summed E-state index contributed by atoms with van der Waals surface area (Å²) in [6.07, 6.45) is 3.71. The van der Waals surface area contributed by atoms with Crippen molar-refractivity contribution < 1.29 is 9.21 Å². The van der Waals surface area contributed by atoms with E-state index in [0.29, 0.717) is 23.1 Å². The van der Waals surface area contributed by atoms with Crippen LogP contribution in [0.25, 0.3) is 11.5 Å². The number of aryl methyl sites for hydroxylation is 1. The first-order valence-electron chi connectivity index (χ1n) is 7.71. The van der Waals surface area contributed by atoms with Gasteiger partial charge in [0.1, 0.15) is 5.69 Å². The molecule has 0 aromatic carbocycles. The zero-order valence-corrected chi connectivity index (χ0v) is 15.4. The lowest BCUT2D eigenvalue weighted by Crippen LogP contribution is -2.52. The minimum atomic E-state index is -0.0588. The Balaban J connectivity index is 0.00000144. The van der Waals surface area contributed by atoms with E-state index in [1.165, 1.54) is 0 Å². The zero-order chi connectivity index (χ0) is 15.5. The second kappa shape index (κ2) is 9.06. The van der Waals surface area contributed by atoms with Gasteiger partial charge in [-0.1, -0.05) is 0 Å². The Hall–Kier alpha value is -1.56. The van der Waals surface area contributed by atoms with Crippen LogP contribution < -0.4 is 10.6 Å². The Morgan fingerprint density at radius 3 is 2.75 bits per heavy atom. The number of furan rings is 1. The molecule has 132 valence electrons. The minimum absolute atomic E-state index is 0. The van der Waals surface area contributed by atoms with Gasteiger partial charge in [0.25, 0.3) is 5.91 Å². The molecule has 1 aliphatic heterocycles. The number of hydrogen-bond acceptors (Lipinski definition) is 4. The molecule has 0 spiro atoms. The lowest BCUT2D eigenvalue weighted by atomic mass is 9.99. The van der Waals surface area contributed by atoms with Crippen molar-refractivity contribution >= 4 is 30.7 Å². The van der Waals surface area contributed by atoms with Crippen LogP contribution >= 0.6 is 24.8 Å². The van der Waals surface area contributed by atoms with Crippen LogP contribution in [-0.4, -0.2) is 29.5 Å². The Labute approximate surface area is 154 Å². The van der Waals surface area contributed by atoms with Gasteiger partial charge in [0.05, 0.1) is 17.5 Å². The summed E-state index contributed by atoms with van der Waals surface area (Å²) in [6.45, 7) is 4.98. The number of aromatic nitrogens is 1. The third kappa shape index (κ3) is 4.50. The van der Waals surface area contributed by atoms with Crippen molar-refractivity contribution in [3.05, 3.63) is 41.8 Å². The quantitative estimate of drug-likeness (QED) is 0.867. The molecule has 1 fully saturated rings. The minimum Gasteiger partial charge on any atom is -0.463 e. The number of nitrogens with zero attached hydrogens (tertiary/aromatic N) is 1. The maximum Gasteiger partial charge on any atom is 0.253 e.